The van der Waals surface area contributed by atoms with Gasteiger partial charge in [0.1, 0.15) is 17.0 Å². The van der Waals surface area contributed by atoms with Crippen LogP contribution >= 0.6 is 0 Å². The molecule has 0 saturated carbocycles. The van der Waals surface area contributed by atoms with Gasteiger partial charge in [0.15, 0.2) is 6.61 Å². The van der Waals surface area contributed by atoms with Crippen molar-refractivity contribution in [1.82, 2.24) is 15.2 Å². The Morgan fingerprint density at radius 3 is 2.55 bits per heavy atom. The summed E-state index contributed by atoms with van der Waals surface area (Å²) in [6, 6.07) is 12.2. The zero-order chi connectivity index (χ0) is 27.3. The number of carbonyl (C=O) groups excluding carboxylic acids is 2. The number of carbonyl (C=O) groups is 2. The second kappa shape index (κ2) is 11.4. The van der Waals surface area contributed by atoms with Crippen LogP contribution in [0.15, 0.2) is 48.7 Å². The molecule has 3 aromatic rings. The van der Waals surface area contributed by atoms with Gasteiger partial charge in [0.05, 0.1) is 4.92 Å². The number of nitro benzene ring substituents is 1. The van der Waals surface area contributed by atoms with Gasteiger partial charge in [-0.25, -0.2) is 4.79 Å². The van der Waals surface area contributed by atoms with Crippen molar-refractivity contribution >= 4 is 34.3 Å². The number of benzene rings is 2. The van der Waals surface area contributed by atoms with E-state index in [1.54, 1.807) is 29.2 Å². The van der Waals surface area contributed by atoms with Gasteiger partial charge in [-0.05, 0) is 57.0 Å². The van der Waals surface area contributed by atoms with Crippen LogP contribution in [0.25, 0.3) is 10.9 Å². The molecule has 11 heteroatoms. The molecule has 11 nitrogen and oxygen atoms in total. The highest BCUT2D eigenvalue weighted by Gasteiger charge is 2.25. The van der Waals surface area contributed by atoms with Crippen LogP contribution in [-0.2, 0) is 16.0 Å². The van der Waals surface area contributed by atoms with E-state index in [1.165, 1.54) is 6.07 Å². The minimum Gasteiger partial charge on any atom is -0.484 e. The van der Waals surface area contributed by atoms with E-state index in [4.69, 9.17) is 9.47 Å². The molecule has 4 rings (SSSR count). The van der Waals surface area contributed by atoms with Crippen LogP contribution in [0.2, 0.25) is 0 Å². The van der Waals surface area contributed by atoms with E-state index in [1.807, 2.05) is 44.0 Å². The topological polar surface area (TPSA) is 130 Å². The molecule has 0 atom stereocenters. The van der Waals surface area contributed by atoms with E-state index in [0.29, 0.717) is 50.6 Å². The smallest absolute Gasteiger partial charge is 0.407 e. The van der Waals surface area contributed by atoms with Gasteiger partial charge in [-0.2, -0.15) is 0 Å². The number of nitro groups is 1. The Bertz CT molecular complexity index is 1310. The fourth-order valence-electron chi connectivity index (χ4n) is 4.39. The van der Waals surface area contributed by atoms with Crippen molar-refractivity contribution in [3.8, 4) is 5.75 Å². The van der Waals surface area contributed by atoms with Gasteiger partial charge < -0.3 is 29.6 Å². The average molecular weight is 524 g/mol. The monoisotopic (exact) mass is 523 g/mol. The van der Waals surface area contributed by atoms with E-state index in [-0.39, 0.29) is 23.1 Å². The van der Waals surface area contributed by atoms with Crippen molar-refractivity contribution in [1.29, 1.82) is 0 Å². The summed E-state index contributed by atoms with van der Waals surface area (Å²) in [5.41, 5.74) is 2.03. The first kappa shape index (κ1) is 26.8. The zero-order valence-electron chi connectivity index (χ0n) is 21.9. The molecule has 1 fully saturated rings. The second-order valence-corrected chi connectivity index (χ2v) is 10.1. The maximum Gasteiger partial charge on any atom is 0.407 e. The first-order valence-corrected chi connectivity index (χ1v) is 12.6. The molecule has 1 aliphatic rings. The lowest BCUT2D eigenvalue weighted by Crippen LogP contribution is -2.50. The number of anilines is 1. The highest BCUT2D eigenvalue weighted by atomic mass is 16.6. The number of fused-ring (bicyclic) bond motifs is 1. The third-order valence-corrected chi connectivity index (χ3v) is 6.22. The lowest BCUT2D eigenvalue weighted by Gasteiger charge is -2.35. The lowest BCUT2D eigenvalue weighted by molar-refractivity contribution is -0.384. The molecule has 0 aliphatic carbocycles. The number of ether oxygens (including phenoxy) is 2. The Labute approximate surface area is 220 Å². The maximum atomic E-state index is 12.8. The number of piperazine rings is 1. The molecule has 38 heavy (non-hydrogen) atoms. The third kappa shape index (κ3) is 6.72. The van der Waals surface area contributed by atoms with E-state index < -0.39 is 11.7 Å². The van der Waals surface area contributed by atoms with Crippen LogP contribution in [0.3, 0.4) is 0 Å². The molecule has 202 valence electrons. The van der Waals surface area contributed by atoms with Crippen molar-refractivity contribution in [3.63, 3.8) is 0 Å². The molecule has 2 amide bonds. The second-order valence-electron chi connectivity index (χ2n) is 10.1. The Morgan fingerprint density at radius 1 is 1.11 bits per heavy atom. The van der Waals surface area contributed by atoms with Crippen molar-refractivity contribution in [2.75, 3.05) is 44.2 Å². The fraction of sp³-hybridized carbons (Fsp3) is 0.407. The summed E-state index contributed by atoms with van der Waals surface area (Å²) in [5, 5.41) is 15.1. The molecule has 1 aliphatic heterocycles. The first-order chi connectivity index (χ1) is 18.1. The van der Waals surface area contributed by atoms with E-state index in [9.17, 15) is 19.7 Å². The predicted molar refractivity (Wildman–Crippen MR) is 144 cm³/mol. The summed E-state index contributed by atoms with van der Waals surface area (Å²) < 4.78 is 11.1. The number of alkyl carbamates (subject to hydrolysis) is 1. The lowest BCUT2D eigenvalue weighted by atomic mass is 10.1. The fourth-order valence-corrected chi connectivity index (χ4v) is 4.39. The van der Waals surface area contributed by atoms with Gasteiger partial charge in [0, 0.05) is 55.9 Å². The molecule has 0 spiro atoms. The molecule has 2 heterocycles. The molecular formula is C27H33N5O6. The Balaban J connectivity index is 1.29. The van der Waals surface area contributed by atoms with Gasteiger partial charge in [-0.1, -0.05) is 12.1 Å². The summed E-state index contributed by atoms with van der Waals surface area (Å²) in [5.74, 6) is 0.438. The van der Waals surface area contributed by atoms with Crippen molar-refractivity contribution in [2.45, 2.75) is 32.8 Å². The average Bonchev–Trinajstić information content (AvgIpc) is 3.28. The number of aromatic amines is 1. The highest BCUT2D eigenvalue weighted by Crippen LogP contribution is 2.28. The maximum absolute atomic E-state index is 12.8. The number of para-hydroxylation sites is 2. The number of H-pyrrole nitrogens is 1. The zero-order valence-corrected chi connectivity index (χ0v) is 21.9. The molecule has 1 aromatic heterocycles. The molecule has 0 unspecified atom stereocenters. The molecule has 1 saturated heterocycles. The van der Waals surface area contributed by atoms with Crippen molar-refractivity contribution < 1.29 is 24.0 Å². The Morgan fingerprint density at radius 2 is 1.84 bits per heavy atom. The van der Waals surface area contributed by atoms with Crippen LogP contribution in [0.1, 0.15) is 26.3 Å². The summed E-state index contributed by atoms with van der Waals surface area (Å²) in [4.78, 5) is 42.5. The summed E-state index contributed by atoms with van der Waals surface area (Å²) >= 11 is 0. The van der Waals surface area contributed by atoms with E-state index >= 15 is 0 Å². The minimum atomic E-state index is -0.551. The Hall–Kier alpha value is -4.28. The molecular weight excluding hydrogens is 490 g/mol. The number of rotatable bonds is 8. The summed E-state index contributed by atoms with van der Waals surface area (Å²) in [6.45, 7) is 7.70. The molecule has 2 N–H and O–H groups in total. The summed E-state index contributed by atoms with van der Waals surface area (Å²) in [7, 11) is 0. The van der Waals surface area contributed by atoms with Crippen LogP contribution in [0.4, 0.5) is 16.2 Å². The van der Waals surface area contributed by atoms with Gasteiger partial charge in [-0.3, -0.25) is 14.9 Å². The van der Waals surface area contributed by atoms with Gasteiger partial charge in [0.25, 0.3) is 11.6 Å². The van der Waals surface area contributed by atoms with Crippen LogP contribution in [0.5, 0.6) is 5.75 Å². The number of amides is 2. The summed E-state index contributed by atoms with van der Waals surface area (Å²) in [6.07, 6.45) is 2.04. The molecule has 0 bridgehead atoms. The van der Waals surface area contributed by atoms with Crippen molar-refractivity contribution in [3.05, 3.63) is 64.3 Å². The van der Waals surface area contributed by atoms with E-state index in [2.05, 4.69) is 10.3 Å². The van der Waals surface area contributed by atoms with Gasteiger partial charge in [0.2, 0.25) is 0 Å². The Kier molecular flexibility index (Phi) is 8.04. The van der Waals surface area contributed by atoms with Crippen LogP contribution in [0, 0.1) is 10.1 Å². The van der Waals surface area contributed by atoms with Crippen LogP contribution in [-0.4, -0.2) is 71.7 Å². The number of aromatic nitrogens is 1. The van der Waals surface area contributed by atoms with Crippen molar-refractivity contribution in [2.24, 2.45) is 0 Å². The highest BCUT2D eigenvalue weighted by molar-refractivity contribution is 5.85. The molecule has 0 radical (unpaired) electrons. The largest absolute Gasteiger partial charge is 0.484 e. The van der Waals surface area contributed by atoms with Gasteiger partial charge >= 0.3 is 6.09 Å². The first-order valence-electron chi connectivity index (χ1n) is 12.6. The number of nitrogens with one attached hydrogen (secondary N) is 2. The van der Waals surface area contributed by atoms with E-state index in [0.717, 1.165) is 16.5 Å². The number of hydrogen-bond donors (Lipinski definition) is 2. The minimum absolute atomic E-state index is 0.0655. The normalized spacial score (nSPS) is 13.9. The SMILES string of the molecule is CC(C)(C)OC(=O)NCCc1c[nH]c2ccc(OCC(=O)N3CCN(c4ccccc4[N+](=O)[O-])CC3)cc12. The number of nitrogens with zero attached hydrogens (tertiary/aromatic N) is 3. The quantitative estimate of drug-likeness (QED) is 0.339. The standard InChI is InChI=1S/C27H33N5O6/c1-27(2,3)38-26(34)28-11-10-19-17-29-22-9-8-20(16-21(19)22)37-18-25(33)31-14-12-30(13-15-31)23-6-4-5-7-24(23)32(35)36/h4-9,16-17,29H,10-15,18H2,1-3H3,(H,28,34). The third-order valence-electron chi connectivity index (χ3n) is 6.22. The molecule has 2 aromatic carbocycles. The number of hydrogen-bond acceptors (Lipinski definition) is 7. The van der Waals surface area contributed by atoms with Gasteiger partial charge in [-0.15, -0.1) is 0 Å². The van der Waals surface area contributed by atoms with Crippen LogP contribution < -0.4 is 15.0 Å². The predicted octanol–water partition coefficient (Wildman–Crippen LogP) is 3.87.